The van der Waals surface area contributed by atoms with Gasteiger partial charge in [0.05, 0.1) is 12.8 Å². The standard InChI is InChI=1S/C13H18N4O/c1-3-17-12(6-7-16-17)10-14-8-11-4-5-13(18-2)15-9-11/h4-7,9,14H,3,8,10H2,1-2H3. The quantitative estimate of drug-likeness (QED) is 0.841. The van der Waals surface area contributed by atoms with Gasteiger partial charge in [-0.15, -0.1) is 0 Å². The van der Waals surface area contributed by atoms with Crippen molar-refractivity contribution in [2.75, 3.05) is 7.11 Å². The molecule has 5 nitrogen and oxygen atoms in total. The first-order valence-electron chi connectivity index (χ1n) is 6.03. The second-order valence-electron chi connectivity index (χ2n) is 3.95. The molecule has 18 heavy (non-hydrogen) atoms. The van der Waals surface area contributed by atoms with E-state index in [0.29, 0.717) is 5.88 Å². The molecule has 0 bridgehead atoms. The Kier molecular flexibility index (Phi) is 4.30. The van der Waals surface area contributed by atoms with Crippen LogP contribution >= 0.6 is 0 Å². The van der Waals surface area contributed by atoms with Gasteiger partial charge in [0, 0.05) is 38.1 Å². The number of rotatable bonds is 6. The number of methoxy groups -OCH3 is 1. The van der Waals surface area contributed by atoms with Crippen molar-refractivity contribution < 1.29 is 4.74 Å². The second kappa shape index (κ2) is 6.16. The highest BCUT2D eigenvalue weighted by Crippen LogP contribution is 2.06. The molecule has 0 saturated carbocycles. The molecule has 2 rings (SSSR count). The molecular weight excluding hydrogens is 228 g/mol. The number of aromatic nitrogens is 3. The third-order valence-corrected chi connectivity index (χ3v) is 2.75. The maximum atomic E-state index is 5.02. The number of aryl methyl sites for hydroxylation is 1. The molecule has 0 saturated heterocycles. The minimum Gasteiger partial charge on any atom is -0.481 e. The van der Waals surface area contributed by atoms with Gasteiger partial charge in [0.2, 0.25) is 5.88 Å². The van der Waals surface area contributed by atoms with Crippen molar-refractivity contribution in [3.8, 4) is 5.88 Å². The van der Waals surface area contributed by atoms with Crippen molar-refractivity contribution in [3.05, 3.63) is 41.9 Å². The first-order chi connectivity index (χ1) is 8.83. The van der Waals surface area contributed by atoms with Crippen LogP contribution in [0.25, 0.3) is 0 Å². The third kappa shape index (κ3) is 3.07. The van der Waals surface area contributed by atoms with E-state index in [9.17, 15) is 0 Å². The molecule has 0 aromatic carbocycles. The van der Waals surface area contributed by atoms with Gasteiger partial charge in [-0.25, -0.2) is 4.98 Å². The van der Waals surface area contributed by atoms with E-state index >= 15 is 0 Å². The van der Waals surface area contributed by atoms with Gasteiger partial charge in [0.25, 0.3) is 0 Å². The van der Waals surface area contributed by atoms with E-state index in [4.69, 9.17) is 4.74 Å². The van der Waals surface area contributed by atoms with E-state index in [0.717, 1.165) is 25.2 Å². The van der Waals surface area contributed by atoms with Gasteiger partial charge in [-0.1, -0.05) is 6.07 Å². The van der Waals surface area contributed by atoms with Gasteiger partial charge in [0.15, 0.2) is 0 Å². The molecular formula is C13H18N4O. The van der Waals surface area contributed by atoms with Crippen LogP contribution in [-0.4, -0.2) is 21.9 Å². The Balaban J connectivity index is 1.84. The zero-order valence-electron chi connectivity index (χ0n) is 10.8. The molecule has 0 atom stereocenters. The molecule has 0 fully saturated rings. The van der Waals surface area contributed by atoms with E-state index in [1.807, 2.05) is 35.3 Å². The molecule has 0 spiro atoms. The van der Waals surface area contributed by atoms with Crippen LogP contribution in [0.1, 0.15) is 18.2 Å². The monoisotopic (exact) mass is 246 g/mol. The molecule has 0 radical (unpaired) electrons. The Labute approximate surface area is 107 Å². The zero-order chi connectivity index (χ0) is 12.8. The molecule has 0 unspecified atom stereocenters. The van der Waals surface area contributed by atoms with E-state index in [1.54, 1.807) is 7.11 Å². The number of hydrogen-bond acceptors (Lipinski definition) is 4. The van der Waals surface area contributed by atoms with Crippen molar-refractivity contribution in [2.24, 2.45) is 0 Å². The fraction of sp³-hybridized carbons (Fsp3) is 0.385. The predicted molar refractivity (Wildman–Crippen MR) is 69.2 cm³/mol. The molecule has 0 aliphatic carbocycles. The van der Waals surface area contributed by atoms with Crippen molar-refractivity contribution >= 4 is 0 Å². The SMILES string of the molecule is CCn1nccc1CNCc1ccc(OC)nc1. The highest BCUT2D eigenvalue weighted by Gasteiger charge is 2.00. The highest BCUT2D eigenvalue weighted by molar-refractivity contribution is 5.17. The molecule has 2 aromatic heterocycles. The minimum atomic E-state index is 0.641. The summed E-state index contributed by atoms with van der Waals surface area (Å²) >= 11 is 0. The van der Waals surface area contributed by atoms with Gasteiger partial charge in [-0.2, -0.15) is 5.10 Å². The van der Waals surface area contributed by atoms with Gasteiger partial charge < -0.3 is 10.1 Å². The fourth-order valence-electron chi connectivity index (χ4n) is 1.77. The zero-order valence-corrected chi connectivity index (χ0v) is 10.8. The smallest absolute Gasteiger partial charge is 0.212 e. The van der Waals surface area contributed by atoms with Crippen LogP contribution in [0.15, 0.2) is 30.6 Å². The maximum absolute atomic E-state index is 5.02. The molecule has 2 heterocycles. The van der Waals surface area contributed by atoms with Crippen molar-refractivity contribution in [1.82, 2.24) is 20.1 Å². The molecule has 5 heteroatoms. The topological polar surface area (TPSA) is 52.0 Å². The molecule has 0 amide bonds. The van der Waals surface area contributed by atoms with Gasteiger partial charge in [0.1, 0.15) is 0 Å². The average molecular weight is 246 g/mol. The first-order valence-corrected chi connectivity index (χ1v) is 6.03. The van der Waals surface area contributed by atoms with E-state index in [2.05, 4.69) is 22.3 Å². The Morgan fingerprint density at radius 1 is 1.28 bits per heavy atom. The number of pyridine rings is 1. The lowest BCUT2D eigenvalue weighted by atomic mass is 10.3. The Morgan fingerprint density at radius 3 is 2.83 bits per heavy atom. The van der Waals surface area contributed by atoms with Crippen LogP contribution in [0, 0.1) is 0 Å². The van der Waals surface area contributed by atoms with Crippen LogP contribution in [0.2, 0.25) is 0 Å². The van der Waals surface area contributed by atoms with Crippen LogP contribution in [0.4, 0.5) is 0 Å². The lowest BCUT2D eigenvalue weighted by Crippen LogP contribution is -2.16. The lowest BCUT2D eigenvalue weighted by Gasteiger charge is -2.07. The van der Waals surface area contributed by atoms with E-state index in [-0.39, 0.29) is 0 Å². The largest absolute Gasteiger partial charge is 0.481 e. The Morgan fingerprint density at radius 2 is 2.17 bits per heavy atom. The molecule has 1 N–H and O–H groups in total. The summed E-state index contributed by atoms with van der Waals surface area (Å²) in [5, 5.41) is 7.61. The number of ether oxygens (including phenoxy) is 1. The van der Waals surface area contributed by atoms with Crippen LogP contribution in [-0.2, 0) is 19.6 Å². The van der Waals surface area contributed by atoms with Crippen LogP contribution in [0.3, 0.4) is 0 Å². The summed E-state index contributed by atoms with van der Waals surface area (Å²) in [7, 11) is 1.62. The summed E-state index contributed by atoms with van der Waals surface area (Å²) in [6.45, 7) is 4.57. The Hall–Kier alpha value is -1.88. The number of nitrogens with one attached hydrogen (secondary N) is 1. The summed E-state index contributed by atoms with van der Waals surface area (Å²) < 4.78 is 7.01. The summed E-state index contributed by atoms with van der Waals surface area (Å²) in [5.41, 5.74) is 2.33. The number of hydrogen-bond donors (Lipinski definition) is 1. The summed E-state index contributed by atoms with van der Waals surface area (Å²) in [6, 6.07) is 5.91. The maximum Gasteiger partial charge on any atom is 0.212 e. The molecule has 0 aliphatic heterocycles. The minimum absolute atomic E-state index is 0.641. The van der Waals surface area contributed by atoms with Crippen molar-refractivity contribution in [1.29, 1.82) is 0 Å². The van der Waals surface area contributed by atoms with Crippen LogP contribution in [0.5, 0.6) is 5.88 Å². The van der Waals surface area contributed by atoms with Crippen molar-refractivity contribution in [2.45, 2.75) is 26.6 Å². The van der Waals surface area contributed by atoms with Gasteiger partial charge in [-0.3, -0.25) is 4.68 Å². The number of nitrogens with zero attached hydrogens (tertiary/aromatic N) is 3. The Bertz CT molecular complexity index is 478. The summed E-state index contributed by atoms with van der Waals surface area (Å²) in [5.74, 6) is 0.641. The van der Waals surface area contributed by atoms with Crippen LogP contribution < -0.4 is 10.1 Å². The van der Waals surface area contributed by atoms with E-state index in [1.165, 1.54) is 5.69 Å². The fourth-order valence-corrected chi connectivity index (χ4v) is 1.77. The van der Waals surface area contributed by atoms with Crippen molar-refractivity contribution in [3.63, 3.8) is 0 Å². The second-order valence-corrected chi connectivity index (χ2v) is 3.95. The first kappa shape index (κ1) is 12.6. The molecule has 2 aromatic rings. The van der Waals surface area contributed by atoms with Gasteiger partial charge >= 0.3 is 0 Å². The normalized spacial score (nSPS) is 10.6. The predicted octanol–water partition coefficient (Wildman–Crippen LogP) is 1.60. The highest BCUT2D eigenvalue weighted by atomic mass is 16.5. The molecule has 0 aliphatic rings. The summed E-state index contributed by atoms with van der Waals surface area (Å²) in [4.78, 5) is 4.17. The average Bonchev–Trinajstić information content (AvgIpc) is 2.87. The van der Waals surface area contributed by atoms with Gasteiger partial charge in [-0.05, 0) is 18.6 Å². The van der Waals surface area contributed by atoms with E-state index < -0.39 is 0 Å². The lowest BCUT2D eigenvalue weighted by molar-refractivity contribution is 0.397. The molecule has 96 valence electrons. The third-order valence-electron chi connectivity index (χ3n) is 2.75. The summed E-state index contributed by atoms with van der Waals surface area (Å²) in [6.07, 6.45) is 3.65.